The molecule has 2 heterocycles. The van der Waals surface area contributed by atoms with Crippen LogP contribution in [0.3, 0.4) is 0 Å². The number of aryl methyl sites for hydroxylation is 2. The normalized spacial score (nSPS) is 12.4. The molecule has 0 spiro atoms. The van der Waals surface area contributed by atoms with E-state index in [1.165, 1.54) is 0 Å². The predicted molar refractivity (Wildman–Crippen MR) is 91.8 cm³/mol. The molecule has 0 unspecified atom stereocenters. The maximum Gasteiger partial charge on any atom is 0.434 e. The van der Waals surface area contributed by atoms with Crippen LogP contribution >= 0.6 is 11.3 Å². The average Bonchev–Trinajstić information content (AvgIpc) is 3.18. The first-order valence-corrected chi connectivity index (χ1v) is 8.71. The van der Waals surface area contributed by atoms with Crippen molar-refractivity contribution in [3.63, 3.8) is 0 Å². The van der Waals surface area contributed by atoms with Gasteiger partial charge in [0.15, 0.2) is 11.7 Å². The van der Waals surface area contributed by atoms with E-state index in [2.05, 4.69) is 25.7 Å². The molecule has 0 atom stereocenters. The average molecular weight is 374 g/mol. The van der Waals surface area contributed by atoms with Gasteiger partial charge in [-0.2, -0.15) is 18.3 Å². The minimum Gasteiger partial charge on any atom is -0.356 e. The van der Waals surface area contributed by atoms with E-state index < -0.39 is 11.9 Å². The van der Waals surface area contributed by atoms with E-state index in [0.717, 1.165) is 35.2 Å². The zero-order valence-corrected chi connectivity index (χ0v) is 14.9. The third-order valence-corrected chi connectivity index (χ3v) is 4.22. The molecule has 2 N–H and O–H groups in total. The molecule has 0 aliphatic rings. The Hall–Kier alpha value is -2.10. The first-order valence-electron chi connectivity index (χ1n) is 7.83. The number of rotatable bonds is 7. The van der Waals surface area contributed by atoms with Crippen molar-refractivity contribution in [3.8, 4) is 0 Å². The second kappa shape index (κ2) is 8.84. The number of nitrogens with zero attached hydrogens (tertiary/aromatic N) is 4. The highest BCUT2D eigenvalue weighted by Gasteiger charge is 2.33. The van der Waals surface area contributed by atoms with Gasteiger partial charge >= 0.3 is 6.18 Å². The van der Waals surface area contributed by atoms with Crippen molar-refractivity contribution in [2.24, 2.45) is 4.99 Å². The summed E-state index contributed by atoms with van der Waals surface area (Å²) in [6, 6.07) is 0. The van der Waals surface area contributed by atoms with Crippen LogP contribution in [-0.2, 0) is 19.1 Å². The van der Waals surface area contributed by atoms with Crippen LogP contribution in [0.25, 0.3) is 0 Å². The zero-order chi connectivity index (χ0) is 18.3. The number of aromatic nitrogens is 3. The lowest BCUT2D eigenvalue weighted by atomic mass is 10.4. The first-order chi connectivity index (χ1) is 11.9. The predicted octanol–water partition coefficient (Wildman–Crippen LogP) is 2.46. The summed E-state index contributed by atoms with van der Waals surface area (Å²) in [5, 5.41) is 11.9. The maximum absolute atomic E-state index is 12.5. The van der Waals surface area contributed by atoms with E-state index in [9.17, 15) is 13.2 Å². The van der Waals surface area contributed by atoms with Crippen LogP contribution in [0.15, 0.2) is 22.8 Å². The summed E-state index contributed by atoms with van der Waals surface area (Å²) in [5.74, 6) is 0.615. The molecule has 2 aromatic rings. The van der Waals surface area contributed by atoms with Crippen LogP contribution in [0.1, 0.15) is 22.7 Å². The van der Waals surface area contributed by atoms with E-state index in [0.29, 0.717) is 30.5 Å². The monoisotopic (exact) mass is 374 g/mol. The van der Waals surface area contributed by atoms with Crippen molar-refractivity contribution in [1.29, 1.82) is 0 Å². The van der Waals surface area contributed by atoms with Gasteiger partial charge in [0.25, 0.3) is 0 Å². The third-order valence-electron chi connectivity index (χ3n) is 3.32. The van der Waals surface area contributed by atoms with Crippen LogP contribution in [0.5, 0.6) is 0 Å². The van der Waals surface area contributed by atoms with Gasteiger partial charge < -0.3 is 10.6 Å². The Kier molecular flexibility index (Phi) is 6.80. The molecule has 0 saturated heterocycles. The number of hydrogen-bond acceptors (Lipinski definition) is 4. The molecule has 2 aromatic heterocycles. The standard InChI is InChI=1S/C15H21F3N6S/c1-11-8-22-24(9-11)7-3-5-20-14(19-2)21-6-4-13-23-12(10-25-13)15(16,17)18/h8-10H,3-7H2,1-2H3,(H2,19,20,21). The Morgan fingerprint density at radius 1 is 1.32 bits per heavy atom. The van der Waals surface area contributed by atoms with Gasteiger partial charge in [0.1, 0.15) is 0 Å². The molecule has 0 amide bonds. The minimum absolute atomic E-state index is 0.411. The zero-order valence-electron chi connectivity index (χ0n) is 14.1. The fourth-order valence-electron chi connectivity index (χ4n) is 2.10. The Morgan fingerprint density at radius 3 is 2.68 bits per heavy atom. The lowest BCUT2D eigenvalue weighted by molar-refractivity contribution is -0.140. The molecule has 0 bridgehead atoms. The summed E-state index contributed by atoms with van der Waals surface area (Å²) in [6.45, 7) is 3.97. The summed E-state index contributed by atoms with van der Waals surface area (Å²) >= 11 is 1.02. The number of alkyl halides is 3. The van der Waals surface area contributed by atoms with Gasteiger partial charge in [-0.3, -0.25) is 9.67 Å². The summed E-state index contributed by atoms with van der Waals surface area (Å²) in [4.78, 5) is 7.69. The summed E-state index contributed by atoms with van der Waals surface area (Å²) in [5.41, 5.74) is 0.296. The molecule has 0 saturated carbocycles. The summed E-state index contributed by atoms with van der Waals surface area (Å²) in [7, 11) is 1.65. The molecule has 0 aliphatic carbocycles. The fourth-order valence-corrected chi connectivity index (χ4v) is 2.91. The summed E-state index contributed by atoms with van der Waals surface area (Å²) in [6.07, 6.45) is 0.706. The van der Waals surface area contributed by atoms with Crippen molar-refractivity contribution >= 4 is 17.3 Å². The Balaban J connectivity index is 1.65. The Bertz CT molecular complexity index is 691. The van der Waals surface area contributed by atoms with Crippen molar-refractivity contribution in [2.75, 3.05) is 20.1 Å². The van der Waals surface area contributed by atoms with Gasteiger partial charge in [0.2, 0.25) is 0 Å². The number of guanidine groups is 1. The number of nitrogens with one attached hydrogen (secondary N) is 2. The maximum atomic E-state index is 12.5. The molecule has 138 valence electrons. The van der Waals surface area contributed by atoms with E-state index in [4.69, 9.17) is 0 Å². The van der Waals surface area contributed by atoms with Crippen LogP contribution in [0.2, 0.25) is 0 Å². The second-order valence-electron chi connectivity index (χ2n) is 5.43. The van der Waals surface area contributed by atoms with E-state index in [1.807, 2.05) is 24.0 Å². The molecule has 2 rings (SSSR count). The highest BCUT2D eigenvalue weighted by molar-refractivity contribution is 7.09. The fraction of sp³-hybridized carbons (Fsp3) is 0.533. The van der Waals surface area contributed by atoms with E-state index >= 15 is 0 Å². The molecular formula is C15H21F3N6S. The SMILES string of the molecule is CN=C(NCCCn1cc(C)cn1)NCCc1nc(C(F)(F)F)cs1. The second-order valence-corrected chi connectivity index (χ2v) is 6.38. The largest absolute Gasteiger partial charge is 0.434 e. The quantitative estimate of drug-likeness (QED) is 0.444. The molecule has 0 aliphatic heterocycles. The molecule has 0 radical (unpaired) electrons. The van der Waals surface area contributed by atoms with Gasteiger partial charge in [-0.1, -0.05) is 0 Å². The van der Waals surface area contributed by atoms with Crippen LogP contribution in [0.4, 0.5) is 13.2 Å². The van der Waals surface area contributed by atoms with Gasteiger partial charge in [0, 0.05) is 44.7 Å². The highest BCUT2D eigenvalue weighted by Crippen LogP contribution is 2.29. The molecular weight excluding hydrogens is 353 g/mol. The van der Waals surface area contributed by atoms with Gasteiger partial charge in [-0.25, -0.2) is 4.98 Å². The third kappa shape index (κ3) is 6.37. The molecule has 25 heavy (non-hydrogen) atoms. The Labute approximate surface area is 148 Å². The smallest absolute Gasteiger partial charge is 0.356 e. The van der Waals surface area contributed by atoms with Crippen molar-refractivity contribution < 1.29 is 13.2 Å². The topological polar surface area (TPSA) is 67.1 Å². The molecule has 0 aromatic carbocycles. The summed E-state index contributed by atoms with van der Waals surface area (Å²) < 4.78 is 39.4. The van der Waals surface area contributed by atoms with Gasteiger partial charge in [-0.05, 0) is 18.9 Å². The molecule has 10 heteroatoms. The minimum atomic E-state index is -4.38. The number of thiazole rings is 1. The van der Waals surface area contributed by atoms with Gasteiger partial charge in [0.05, 0.1) is 11.2 Å². The molecule has 6 nitrogen and oxygen atoms in total. The van der Waals surface area contributed by atoms with E-state index in [1.54, 1.807) is 7.05 Å². The number of aliphatic imine (C=N–C) groups is 1. The lowest BCUT2D eigenvalue weighted by Gasteiger charge is -2.11. The first kappa shape index (κ1) is 19.2. The van der Waals surface area contributed by atoms with Crippen molar-refractivity contribution in [3.05, 3.63) is 34.0 Å². The number of halogens is 3. The van der Waals surface area contributed by atoms with Gasteiger partial charge in [-0.15, -0.1) is 11.3 Å². The van der Waals surface area contributed by atoms with Crippen molar-refractivity contribution in [1.82, 2.24) is 25.4 Å². The van der Waals surface area contributed by atoms with Crippen LogP contribution in [-0.4, -0.2) is 40.9 Å². The lowest BCUT2D eigenvalue weighted by Crippen LogP contribution is -2.39. The highest BCUT2D eigenvalue weighted by atomic mass is 32.1. The van der Waals surface area contributed by atoms with E-state index in [-0.39, 0.29) is 0 Å². The number of hydrogen-bond donors (Lipinski definition) is 2. The molecule has 0 fully saturated rings. The van der Waals surface area contributed by atoms with Crippen molar-refractivity contribution in [2.45, 2.75) is 32.5 Å². The van der Waals surface area contributed by atoms with Crippen LogP contribution < -0.4 is 10.6 Å². The Morgan fingerprint density at radius 2 is 2.08 bits per heavy atom. The van der Waals surface area contributed by atoms with Crippen LogP contribution in [0, 0.1) is 6.92 Å².